The van der Waals surface area contributed by atoms with Crippen molar-refractivity contribution in [2.24, 2.45) is 4.99 Å². The highest BCUT2D eigenvalue weighted by Crippen LogP contribution is 2.32. The number of benzene rings is 2. The zero-order valence-corrected chi connectivity index (χ0v) is 22.2. The summed E-state index contributed by atoms with van der Waals surface area (Å²) in [5.74, 6) is -0.223. The van der Waals surface area contributed by atoms with Crippen molar-refractivity contribution in [3.8, 4) is 5.75 Å². The molecule has 2 aromatic carbocycles. The highest BCUT2D eigenvalue weighted by atomic mass is 32.1. The maximum absolute atomic E-state index is 13.8. The van der Waals surface area contributed by atoms with Gasteiger partial charge in [0.2, 0.25) is 0 Å². The SMILES string of the molecule is CCOC(=O)C1=C(C)N=c2s/c(=C\C3=Cc4ccccc4O[C@H]3C)c(=O)n2[C@@H]1c1ccc(C(=O)OC)cc1. The maximum atomic E-state index is 13.8. The minimum Gasteiger partial charge on any atom is -0.485 e. The zero-order chi connectivity index (χ0) is 27.0. The fourth-order valence-corrected chi connectivity index (χ4v) is 5.65. The van der Waals surface area contributed by atoms with E-state index in [2.05, 4.69) is 4.99 Å². The number of esters is 2. The molecule has 0 saturated heterocycles. The molecule has 0 fully saturated rings. The van der Waals surface area contributed by atoms with Gasteiger partial charge in [-0.05, 0) is 62.3 Å². The summed E-state index contributed by atoms with van der Waals surface area (Å²) in [7, 11) is 1.31. The Bertz CT molecular complexity index is 1680. The Morgan fingerprint density at radius 2 is 1.87 bits per heavy atom. The lowest BCUT2D eigenvalue weighted by atomic mass is 9.95. The van der Waals surface area contributed by atoms with Gasteiger partial charge in [-0.3, -0.25) is 9.36 Å². The average Bonchev–Trinajstić information content (AvgIpc) is 3.22. The maximum Gasteiger partial charge on any atom is 0.338 e. The van der Waals surface area contributed by atoms with E-state index in [0.717, 1.165) is 16.9 Å². The Morgan fingerprint density at radius 3 is 2.58 bits per heavy atom. The Labute approximate surface area is 222 Å². The van der Waals surface area contributed by atoms with Crippen molar-refractivity contribution in [1.29, 1.82) is 0 Å². The van der Waals surface area contributed by atoms with Gasteiger partial charge in [-0.1, -0.05) is 41.7 Å². The lowest BCUT2D eigenvalue weighted by Crippen LogP contribution is -2.40. The second kappa shape index (κ2) is 10.3. The van der Waals surface area contributed by atoms with Crippen LogP contribution in [0.15, 0.2) is 75.2 Å². The van der Waals surface area contributed by atoms with Crippen LogP contribution >= 0.6 is 11.3 Å². The van der Waals surface area contributed by atoms with Gasteiger partial charge >= 0.3 is 11.9 Å². The van der Waals surface area contributed by atoms with Crippen LogP contribution in [0.4, 0.5) is 0 Å². The Balaban J connectivity index is 1.67. The molecular weight excluding hydrogens is 504 g/mol. The van der Waals surface area contributed by atoms with E-state index in [4.69, 9.17) is 14.2 Å². The molecule has 5 rings (SSSR count). The number of carbonyl (C=O) groups is 2. The number of thiazole rings is 1. The molecular formula is C29H26N2O6S. The van der Waals surface area contributed by atoms with Crippen LogP contribution in [-0.4, -0.2) is 36.3 Å². The fourth-order valence-electron chi connectivity index (χ4n) is 4.60. The van der Waals surface area contributed by atoms with E-state index in [0.29, 0.717) is 26.2 Å². The Morgan fingerprint density at radius 1 is 1.13 bits per heavy atom. The number of hydrogen-bond acceptors (Lipinski definition) is 8. The second-order valence-corrected chi connectivity index (χ2v) is 9.87. The van der Waals surface area contributed by atoms with Gasteiger partial charge < -0.3 is 14.2 Å². The molecule has 0 bridgehead atoms. The number of para-hydroxylation sites is 1. The van der Waals surface area contributed by atoms with Crippen LogP contribution in [0.25, 0.3) is 12.2 Å². The Hall–Kier alpha value is -4.24. The first-order valence-corrected chi connectivity index (χ1v) is 13.0. The van der Waals surface area contributed by atoms with Crippen LogP contribution < -0.4 is 19.6 Å². The molecule has 3 aromatic rings. The van der Waals surface area contributed by atoms with Crippen molar-refractivity contribution in [2.75, 3.05) is 13.7 Å². The number of nitrogens with zero attached hydrogens (tertiary/aromatic N) is 2. The highest BCUT2D eigenvalue weighted by Gasteiger charge is 2.33. The molecule has 0 amide bonds. The molecule has 0 unspecified atom stereocenters. The van der Waals surface area contributed by atoms with Gasteiger partial charge in [0.05, 0.1) is 41.1 Å². The molecule has 2 atom stereocenters. The molecule has 2 aliphatic heterocycles. The van der Waals surface area contributed by atoms with E-state index in [9.17, 15) is 14.4 Å². The van der Waals surface area contributed by atoms with Gasteiger partial charge in [-0.25, -0.2) is 14.6 Å². The molecule has 0 saturated carbocycles. The van der Waals surface area contributed by atoms with Crippen LogP contribution in [0, 0.1) is 0 Å². The van der Waals surface area contributed by atoms with Gasteiger partial charge in [-0.15, -0.1) is 0 Å². The number of rotatable bonds is 5. The van der Waals surface area contributed by atoms with Gasteiger partial charge in [-0.2, -0.15) is 0 Å². The van der Waals surface area contributed by atoms with E-state index in [-0.39, 0.29) is 23.8 Å². The van der Waals surface area contributed by atoms with Crippen LogP contribution in [-0.2, 0) is 14.3 Å². The molecule has 0 N–H and O–H groups in total. The lowest BCUT2D eigenvalue weighted by molar-refractivity contribution is -0.139. The average molecular weight is 531 g/mol. The minimum atomic E-state index is -0.770. The third-order valence-electron chi connectivity index (χ3n) is 6.48. The third-order valence-corrected chi connectivity index (χ3v) is 7.46. The highest BCUT2D eigenvalue weighted by molar-refractivity contribution is 7.07. The number of fused-ring (bicyclic) bond motifs is 2. The zero-order valence-electron chi connectivity index (χ0n) is 21.4. The Kier molecular flexibility index (Phi) is 6.86. The molecule has 194 valence electrons. The van der Waals surface area contributed by atoms with Gasteiger partial charge in [0.1, 0.15) is 11.9 Å². The fraction of sp³-hybridized carbons (Fsp3) is 0.241. The second-order valence-electron chi connectivity index (χ2n) is 8.86. The summed E-state index contributed by atoms with van der Waals surface area (Å²) in [6, 6.07) is 13.6. The van der Waals surface area contributed by atoms with E-state index in [1.807, 2.05) is 43.3 Å². The minimum absolute atomic E-state index is 0.182. The summed E-state index contributed by atoms with van der Waals surface area (Å²) in [5, 5.41) is 0. The molecule has 0 radical (unpaired) electrons. The van der Waals surface area contributed by atoms with Crippen molar-refractivity contribution in [2.45, 2.75) is 32.9 Å². The van der Waals surface area contributed by atoms with Crippen LogP contribution in [0.3, 0.4) is 0 Å². The first-order valence-electron chi connectivity index (χ1n) is 12.2. The van der Waals surface area contributed by atoms with Crippen LogP contribution in [0.1, 0.15) is 48.3 Å². The summed E-state index contributed by atoms with van der Waals surface area (Å²) in [5.41, 5.74) is 3.27. The summed E-state index contributed by atoms with van der Waals surface area (Å²) >= 11 is 1.25. The van der Waals surface area contributed by atoms with Crippen molar-refractivity contribution in [3.63, 3.8) is 0 Å². The molecule has 1 aromatic heterocycles. The molecule has 0 aliphatic carbocycles. The normalized spacial score (nSPS) is 18.5. The molecule has 38 heavy (non-hydrogen) atoms. The van der Waals surface area contributed by atoms with Crippen molar-refractivity contribution in [3.05, 3.63) is 102 Å². The molecule has 9 heteroatoms. The predicted octanol–water partition coefficient (Wildman–Crippen LogP) is 3.40. The standard InChI is InChI=1S/C29H26N2O6S/c1-5-36-28(34)24-16(2)30-29-31(25(24)18-10-12-19(13-11-18)27(33)35-4)26(32)23(38-29)15-21-14-20-8-6-7-9-22(20)37-17(21)3/h6-15,17,25H,5H2,1-4H3/b23-15-/t17-,25+/m0/s1. The summed E-state index contributed by atoms with van der Waals surface area (Å²) in [6.07, 6.45) is 3.59. The number of methoxy groups -OCH3 is 1. The van der Waals surface area contributed by atoms with Crippen LogP contribution in [0.2, 0.25) is 0 Å². The molecule has 2 aliphatic rings. The third kappa shape index (κ3) is 4.50. The number of allylic oxidation sites excluding steroid dienone is 1. The van der Waals surface area contributed by atoms with Gasteiger partial charge in [0.15, 0.2) is 4.80 Å². The van der Waals surface area contributed by atoms with Crippen molar-refractivity contribution >= 4 is 35.4 Å². The van der Waals surface area contributed by atoms with Crippen molar-refractivity contribution in [1.82, 2.24) is 4.57 Å². The summed E-state index contributed by atoms with van der Waals surface area (Å²) < 4.78 is 18.2. The number of hydrogen-bond donors (Lipinski definition) is 0. The summed E-state index contributed by atoms with van der Waals surface area (Å²) in [4.78, 5) is 43.9. The quantitative estimate of drug-likeness (QED) is 0.469. The van der Waals surface area contributed by atoms with Crippen LogP contribution in [0.5, 0.6) is 5.75 Å². The lowest BCUT2D eigenvalue weighted by Gasteiger charge is -2.24. The first-order chi connectivity index (χ1) is 18.3. The number of aromatic nitrogens is 1. The number of carbonyl (C=O) groups excluding carboxylic acids is 2. The molecule has 3 heterocycles. The topological polar surface area (TPSA) is 96.2 Å². The smallest absolute Gasteiger partial charge is 0.338 e. The summed E-state index contributed by atoms with van der Waals surface area (Å²) in [6.45, 7) is 5.57. The van der Waals surface area contributed by atoms with Gasteiger partial charge in [0, 0.05) is 5.56 Å². The van der Waals surface area contributed by atoms with E-state index in [1.165, 1.54) is 23.0 Å². The predicted molar refractivity (Wildman–Crippen MR) is 144 cm³/mol. The van der Waals surface area contributed by atoms with E-state index in [1.54, 1.807) is 38.1 Å². The van der Waals surface area contributed by atoms with Gasteiger partial charge in [0.25, 0.3) is 5.56 Å². The number of ether oxygens (including phenoxy) is 3. The monoisotopic (exact) mass is 530 g/mol. The first kappa shape index (κ1) is 25.4. The van der Waals surface area contributed by atoms with E-state index >= 15 is 0 Å². The molecule has 0 spiro atoms. The van der Waals surface area contributed by atoms with E-state index < -0.39 is 18.0 Å². The largest absolute Gasteiger partial charge is 0.485 e. The molecule has 8 nitrogen and oxygen atoms in total. The van der Waals surface area contributed by atoms with Crippen molar-refractivity contribution < 1.29 is 23.8 Å².